The third kappa shape index (κ3) is 27.0. The second kappa shape index (κ2) is 24.9. The zero-order chi connectivity index (χ0) is 23.2. The number of hydrogen-bond donors (Lipinski definition) is 0. The Labute approximate surface area is 241 Å². The molecule has 0 aromatic heterocycles. The minimum atomic E-state index is -4.15. The molecule has 0 heterocycles. The standard InChI is InChI=1S/C25H49NO4S.K/c1-3-4-5-6-7-8-9-10-11-12-13-14-15-16-17-18-19-22-25(27)26(2)23-20-21-24-31(28,29)30;/h19,22H,3-18,20-21,23-24H2,1-2H3,(H,28,29,30);/q;+1/p-1/b22-19+;. The fourth-order valence-electron chi connectivity index (χ4n) is 3.68. The van der Waals surface area contributed by atoms with Crippen LogP contribution in [0.25, 0.3) is 0 Å². The monoisotopic (exact) mass is 497 g/mol. The van der Waals surface area contributed by atoms with Crippen molar-refractivity contribution in [3.05, 3.63) is 12.2 Å². The quantitative estimate of drug-likeness (QED) is 0.0991. The molecule has 5 nitrogen and oxygen atoms in total. The van der Waals surface area contributed by atoms with Gasteiger partial charge in [0.05, 0.1) is 10.1 Å². The maximum absolute atomic E-state index is 12.0. The van der Waals surface area contributed by atoms with Crippen molar-refractivity contribution < 1.29 is 69.1 Å². The Bertz CT molecular complexity index is 552. The van der Waals surface area contributed by atoms with E-state index >= 15 is 0 Å². The summed E-state index contributed by atoms with van der Waals surface area (Å²) >= 11 is 0. The summed E-state index contributed by atoms with van der Waals surface area (Å²) in [5.74, 6) is -0.421. The number of carbonyl (C=O) groups is 1. The van der Waals surface area contributed by atoms with Crippen molar-refractivity contribution in [3.8, 4) is 0 Å². The molecule has 0 atom stereocenters. The molecular weight excluding hydrogens is 449 g/mol. The smallest absolute Gasteiger partial charge is 0.748 e. The first-order valence-electron chi connectivity index (χ1n) is 12.7. The van der Waals surface area contributed by atoms with Gasteiger partial charge in [-0.1, -0.05) is 103 Å². The molecule has 0 aliphatic rings. The molecule has 0 rings (SSSR count). The molecule has 0 aliphatic heterocycles. The molecule has 7 heteroatoms. The van der Waals surface area contributed by atoms with Crippen LogP contribution in [0.4, 0.5) is 0 Å². The van der Waals surface area contributed by atoms with E-state index in [4.69, 9.17) is 0 Å². The van der Waals surface area contributed by atoms with Gasteiger partial charge in [0.1, 0.15) is 0 Å². The summed E-state index contributed by atoms with van der Waals surface area (Å²) in [7, 11) is -2.45. The van der Waals surface area contributed by atoms with E-state index in [0.29, 0.717) is 19.4 Å². The molecule has 0 saturated carbocycles. The van der Waals surface area contributed by atoms with Gasteiger partial charge in [-0.2, -0.15) is 0 Å². The second-order valence-corrected chi connectivity index (χ2v) is 10.4. The molecule has 184 valence electrons. The predicted molar refractivity (Wildman–Crippen MR) is 130 cm³/mol. The third-order valence-electron chi connectivity index (χ3n) is 5.75. The Kier molecular flexibility index (Phi) is 27.1. The molecule has 0 aromatic rings. The van der Waals surface area contributed by atoms with Gasteiger partial charge >= 0.3 is 51.4 Å². The molecule has 0 radical (unpaired) electrons. The topological polar surface area (TPSA) is 77.5 Å². The van der Waals surface area contributed by atoms with E-state index in [2.05, 4.69) is 6.92 Å². The van der Waals surface area contributed by atoms with Crippen LogP contribution in [0.15, 0.2) is 12.2 Å². The summed E-state index contributed by atoms with van der Waals surface area (Å²) < 4.78 is 31.6. The van der Waals surface area contributed by atoms with Gasteiger partial charge in [-0.3, -0.25) is 4.79 Å². The van der Waals surface area contributed by atoms with Gasteiger partial charge in [-0.05, 0) is 31.8 Å². The van der Waals surface area contributed by atoms with Gasteiger partial charge in [0.15, 0.2) is 0 Å². The Hall–Kier alpha value is 0.756. The second-order valence-electron chi connectivity index (χ2n) is 8.87. The normalized spacial score (nSPS) is 11.6. The molecule has 0 spiro atoms. The van der Waals surface area contributed by atoms with Crippen LogP contribution < -0.4 is 51.4 Å². The van der Waals surface area contributed by atoms with Crippen molar-refractivity contribution in [1.29, 1.82) is 0 Å². The first kappa shape index (κ1) is 34.9. The number of hydrogen-bond acceptors (Lipinski definition) is 4. The summed E-state index contributed by atoms with van der Waals surface area (Å²) in [6.45, 7) is 2.74. The SMILES string of the molecule is CCCCCCCCCCCCCCCCC/C=C/C(=O)N(C)CCCCS(=O)(=O)[O-].[K+]. The fraction of sp³-hybridized carbons (Fsp3) is 0.880. The average molecular weight is 498 g/mol. The van der Waals surface area contributed by atoms with E-state index in [-0.39, 0.29) is 63.0 Å². The van der Waals surface area contributed by atoms with E-state index < -0.39 is 10.1 Å². The fourth-order valence-corrected chi connectivity index (χ4v) is 4.24. The predicted octanol–water partition coefficient (Wildman–Crippen LogP) is 3.59. The first-order chi connectivity index (χ1) is 14.9. The molecular formula is C25H48KNO4S. The van der Waals surface area contributed by atoms with Gasteiger partial charge in [-0.25, -0.2) is 8.42 Å². The van der Waals surface area contributed by atoms with Crippen LogP contribution in [-0.2, 0) is 14.9 Å². The summed E-state index contributed by atoms with van der Waals surface area (Å²) in [5.41, 5.74) is 0. The molecule has 0 aliphatic carbocycles. The summed E-state index contributed by atoms with van der Waals surface area (Å²) in [6.07, 6.45) is 25.6. The van der Waals surface area contributed by atoms with Crippen molar-refractivity contribution in [3.63, 3.8) is 0 Å². The van der Waals surface area contributed by atoms with Gasteiger partial charge < -0.3 is 9.45 Å². The van der Waals surface area contributed by atoms with E-state index in [1.54, 1.807) is 18.0 Å². The molecule has 0 aromatic carbocycles. The molecule has 0 bridgehead atoms. The van der Waals surface area contributed by atoms with Crippen molar-refractivity contribution in [2.24, 2.45) is 0 Å². The van der Waals surface area contributed by atoms with E-state index in [1.807, 2.05) is 6.08 Å². The molecule has 1 amide bonds. The number of unbranched alkanes of at least 4 members (excludes halogenated alkanes) is 16. The molecule has 0 saturated heterocycles. The van der Waals surface area contributed by atoms with Crippen LogP contribution >= 0.6 is 0 Å². The minimum Gasteiger partial charge on any atom is -0.748 e. The van der Waals surface area contributed by atoms with Gasteiger partial charge in [0.25, 0.3) is 0 Å². The Morgan fingerprint density at radius 3 is 1.62 bits per heavy atom. The summed E-state index contributed by atoms with van der Waals surface area (Å²) in [4.78, 5) is 13.5. The maximum Gasteiger partial charge on any atom is 1.00 e. The van der Waals surface area contributed by atoms with E-state index in [0.717, 1.165) is 12.8 Å². The Morgan fingerprint density at radius 1 is 0.750 bits per heavy atom. The molecule has 0 N–H and O–H groups in total. The van der Waals surface area contributed by atoms with E-state index in [9.17, 15) is 17.8 Å². The van der Waals surface area contributed by atoms with Gasteiger partial charge in [0, 0.05) is 19.3 Å². The van der Waals surface area contributed by atoms with Crippen molar-refractivity contribution in [1.82, 2.24) is 4.90 Å². The first-order valence-corrected chi connectivity index (χ1v) is 14.3. The summed E-state index contributed by atoms with van der Waals surface area (Å²) in [6, 6.07) is 0. The Morgan fingerprint density at radius 2 is 1.19 bits per heavy atom. The number of rotatable bonds is 22. The Balaban J connectivity index is 0. The summed E-state index contributed by atoms with van der Waals surface area (Å²) in [5, 5.41) is 0. The van der Waals surface area contributed by atoms with Gasteiger partial charge in [-0.15, -0.1) is 0 Å². The van der Waals surface area contributed by atoms with E-state index in [1.165, 1.54) is 89.9 Å². The van der Waals surface area contributed by atoms with Crippen LogP contribution in [-0.4, -0.2) is 43.1 Å². The zero-order valence-electron chi connectivity index (χ0n) is 21.3. The number of allylic oxidation sites excluding steroid dienone is 1. The number of carbonyl (C=O) groups excluding carboxylic acids is 1. The molecule has 0 unspecified atom stereocenters. The largest absolute Gasteiger partial charge is 1.00 e. The van der Waals surface area contributed by atoms with Crippen LogP contribution in [0, 0.1) is 0 Å². The van der Waals surface area contributed by atoms with Crippen LogP contribution in [0.3, 0.4) is 0 Å². The van der Waals surface area contributed by atoms with Crippen LogP contribution in [0.5, 0.6) is 0 Å². The minimum absolute atomic E-state index is 0. The van der Waals surface area contributed by atoms with Crippen LogP contribution in [0.1, 0.15) is 122 Å². The van der Waals surface area contributed by atoms with Crippen molar-refractivity contribution in [2.75, 3.05) is 19.3 Å². The zero-order valence-corrected chi connectivity index (χ0v) is 25.2. The molecule has 32 heavy (non-hydrogen) atoms. The van der Waals surface area contributed by atoms with Crippen molar-refractivity contribution >= 4 is 16.0 Å². The number of likely N-dealkylation sites (N-methyl/N-ethyl adjacent to an activating group) is 1. The van der Waals surface area contributed by atoms with Crippen LogP contribution in [0.2, 0.25) is 0 Å². The number of amides is 1. The average Bonchev–Trinajstić information content (AvgIpc) is 2.72. The van der Waals surface area contributed by atoms with Gasteiger partial charge in [0.2, 0.25) is 5.91 Å². The number of nitrogens with zero attached hydrogens (tertiary/aromatic N) is 1. The third-order valence-corrected chi connectivity index (χ3v) is 6.54. The maximum atomic E-state index is 12.0. The molecule has 0 fully saturated rings. The van der Waals surface area contributed by atoms with Crippen molar-refractivity contribution in [2.45, 2.75) is 122 Å².